The van der Waals surface area contributed by atoms with E-state index in [-0.39, 0.29) is 13.0 Å². The summed E-state index contributed by atoms with van der Waals surface area (Å²) in [6, 6.07) is 0. The first-order valence-electron chi connectivity index (χ1n) is 2.80. The minimum Gasteiger partial charge on any atom is -0.394 e. The molecule has 0 heterocycles. The van der Waals surface area contributed by atoms with E-state index in [9.17, 15) is 0 Å². The monoisotopic (exact) mass is 132 g/mol. The molecule has 2 radical (unpaired) electrons. The van der Waals surface area contributed by atoms with Crippen molar-refractivity contribution in [1.29, 1.82) is 0 Å². The summed E-state index contributed by atoms with van der Waals surface area (Å²) >= 11 is 0. The second-order valence-electron chi connectivity index (χ2n) is 1.88. The third-order valence-electron chi connectivity index (χ3n) is 0.891. The molecule has 0 aliphatic rings. The van der Waals surface area contributed by atoms with Crippen LogP contribution in [0.4, 0.5) is 0 Å². The highest BCUT2D eigenvalue weighted by molar-refractivity contribution is 4.79. The molecule has 3 N–H and O–H groups in total. The molecule has 0 aromatic rings. The maximum Gasteiger partial charge on any atom is 0.0774 e. The molecule has 54 valence electrons. The van der Waals surface area contributed by atoms with Crippen molar-refractivity contribution in [3.63, 3.8) is 0 Å². The minimum atomic E-state index is -0.763. The minimum absolute atomic E-state index is 0.275. The number of hydrogen-bond acceptors (Lipinski definition) is 3. The van der Waals surface area contributed by atoms with Crippen LogP contribution >= 0.6 is 0 Å². The molecule has 0 aliphatic heterocycles. The molecule has 0 spiro atoms. The molecule has 2 unspecified atom stereocenters. The van der Waals surface area contributed by atoms with Gasteiger partial charge in [0.1, 0.15) is 0 Å². The van der Waals surface area contributed by atoms with Crippen LogP contribution in [-0.4, -0.2) is 34.1 Å². The highest BCUT2D eigenvalue weighted by Gasteiger charge is 2.03. The summed E-state index contributed by atoms with van der Waals surface area (Å²) in [5.41, 5.74) is 0. The van der Waals surface area contributed by atoms with Crippen LogP contribution < -0.4 is 0 Å². The van der Waals surface area contributed by atoms with Crippen molar-refractivity contribution < 1.29 is 15.3 Å². The van der Waals surface area contributed by atoms with Crippen molar-refractivity contribution in [3.8, 4) is 0 Å². The molecule has 0 rings (SSSR count). The van der Waals surface area contributed by atoms with E-state index in [1.807, 2.05) is 0 Å². The van der Waals surface area contributed by atoms with E-state index in [2.05, 4.69) is 6.92 Å². The van der Waals surface area contributed by atoms with Crippen LogP contribution in [0.25, 0.3) is 0 Å². The molecule has 0 saturated carbocycles. The van der Waals surface area contributed by atoms with E-state index < -0.39 is 12.2 Å². The Balaban J connectivity index is 3.06. The second-order valence-corrected chi connectivity index (χ2v) is 1.88. The van der Waals surface area contributed by atoms with Crippen LogP contribution in [0.15, 0.2) is 0 Å². The Morgan fingerprint density at radius 3 is 2.33 bits per heavy atom. The van der Waals surface area contributed by atoms with Crippen molar-refractivity contribution in [2.75, 3.05) is 6.61 Å². The van der Waals surface area contributed by atoms with Gasteiger partial charge in [-0.25, -0.2) is 0 Å². The Hall–Kier alpha value is -0.120. The third kappa shape index (κ3) is 5.76. The molecule has 3 heteroatoms. The highest BCUT2D eigenvalue weighted by Crippen LogP contribution is 1.97. The summed E-state index contributed by atoms with van der Waals surface area (Å²) in [5.74, 6) is 0. The van der Waals surface area contributed by atoms with Crippen molar-refractivity contribution >= 4 is 0 Å². The van der Waals surface area contributed by atoms with Crippen LogP contribution in [0.5, 0.6) is 0 Å². The molecule has 0 amide bonds. The first kappa shape index (κ1) is 8.88. The van der Waals surface area contributed by atoms with E-state index in [1.165, 1.54) is 6.42 Å². The van der Waals surface area contributed by atoms with Crippen molar-refractivity contribution in [1.82, 2.24) is 0 Å². The fourth-order valence-electron chi connectivity index (χ4n) is 0.389. The van der Waals surface area contributed by atoms with Crippen LogP contribution in [0.3, 0.4) is 0 Å². The zero-order valence-electron chi connectivity index (χ0n) is 5.20. The molecule has 0 aromatic carbocycles. The number of hydrogen-bond donors (Lipinski definition) is 3. The Labute approximate surface area is 54.9 Å². The molecule has 0 saturated heterocycles. The number of aliphatic hydroxyl groups excluding tert-OH is 3. The lowest BCUT2D eigenvalue weighted by Gasteiger charge is -2.06. The molecular formula is C6H12O3. The van der Waals surface area contributed by atoms with E-state index in [0.717, 1.165) is 0 Å². The first-order chi connectivity index (χ1) is 4.16. The van der Waals surface area contributed by atoms with Crippen LogP contribution in [0.1, 0.15) is 6.42 Å². The molecule has 0 aromatic heterocycles. The summed E-state index contributed by atoms with van der Waals surface area (Å²) in [6.45, 7) is 2.98. The number of aliphatic hydroxyl groups is 3. The SMILES string of the molecule is [CH2]C(O)[CH]CC(O)CO. The third-order valence-corrected chi connectivity index (χ3v) is 0.891. The van der Waals surface area contributed by atoms with E-state index >= 15 is 0 Å². The smallest absolute Gasteiger partial charge is 0.0774 e. The summed E-state index contributed by atoms with van der Waals surface area (Å²) in [6.07, 6.45) is 0.190. The predicted octanol–water partition coefficient (Wildman–Crippen LogP) is -0.871. The van der Waals surface area contributed by atoms with Gasteiger partial charge in [0.15, 0.2) is 0 Å². The largest absolute Gasteiger partial charge is 0.394 e. The van der Waals surface area contributed by atoms with Crippen LogP contribution in [0.2, 0.25) is 0 Å². The quantitative estimate of drug-likeness (QED) is 0.466. The van der Waals surface area contributed by atoms with Crippen LogP contribution in [-0.2, 0) is 0 Å². The zero-order valence-corrected chi connectivity index (χ0v) is 5.20. The topological polar surface area (TPSA) is 60.7 Å². The van der Waals surface area contributed by atoms with E-state index in [0.29, 0.717) is 0 Å². The van der Waals surface area contributed by atoms with Gasteiger partial charge in [-0.1, -0.05) is 0 Å². The standard InChI is InChI=1S/C6H12O3/c1-5(8)2-3-6(9)4-7/h2,5-9H,1,3-4H2. The van der Waals surface area contributed by atoms with Gasteiger partial charge in [-0.15, -0.1) is 0 Å². The van der Waals surface area contributed by atoms with Gasteiger partial charge in [-0.05, 0) is 19.8 Å². The summed E-state index contributed by atoms with van der Waals surface area (Å²) < 4.78 is 0. The zero-order chi connectivity index (χ0) is 7.28. The predicted molar refractivity (Wildman–Crippen MR) is 33.4 cm³/mol. The Morgan fingerprint density at radius 1 is 1.44 bits per heavy atom. The molecule has 9 heavy (non-hydrogen) atoms. The van der Waals surface area contributed by atoms with Gasteiger partial charge >= 0.3 is 0 Å². The van der Waals surface area contributed by atoms with Gasteiger partial charge in [-0.3, -0.25) is 0 Å². The fourth-order valence-corrected chi connectivity index (χ4v) is 0.389. The maximum atomic E-state index is 8.69. The Morgan fingerprint density at radius 2 is 2.00 bits per heavy atom. The molecule has 0 fully saturated rings. The van der Waals surface area contributed by atoms with Gasteiger partial charge in [0.05, 0.1) is 18.8 Å². The first-order valence-corrected chi connectivity index (χ1v) is 2.80. The van der Waals surface area contributed by atoms with Crippen molar-refractivity contribution in [3.05, 3.63) is 13.3 Å². The lowest BCUT2D eigenvalue weighted by atomic mass is 10.1. The summed E-state index contributed by atoms with van der Waals surface area (Å²) in [5, 5.41) is 25.5. The molecule has 3 nitrogen and oxygen atoms in total. The lowest BCUT2D eigenvalue weighted by Crippen LogP contribution is -2.15. The summed E-state index contributed by atoms with van der Waals surface area (Å²) in [4.78, 5) is 0. The Bertz CT molecular complexity index is 63.3. The average molecular weight is 132 g/mol. The number of rotatable bonds is 4. The van der Waals surface area contributed by atoms with E-state index in [1.54, 1.807) is 0 Å². The van der Waals surface area contributed by atoms with Crippen LogP contribution in [0, 0.1) is 13.3 Å². The molecular weight excluding hydrogens is 120 g/mol. The second kappa shape index (κ2) is 4.73. The normalized spacial score (nSPS) is 17.3. The van der Waals surface area contributed by atoms with Gasteiger partial charge in [0, 0.05) is 0 Å². The lowest BCUT2D eigenvalue weighted by molar-refractivity contribution is 0.0892. The van der Waals surface area contributed by atoms with Gasteiger partial charge in [0.25, 0.3) is 0 Å². The summed E-state index contributed by atoms with van der Waals surface area (Å²) in [7, 11) is 0. The molecule has 0 bridgehead atoms. The molecule has 0 aliphatic carbocycles. The van der Waals surface area contributed by atoms with Gasteiger partial charge in [-0.2, -0.15) is 0 Å². The fraction of sp³-hybridized carbons (Fsp3) is 0.667. The van der Waals surface area contributed by atoms with E-state index in [4.69, 9.17) is 15.3 Å². The van der Waals surface area contributed by atoms with Gasteiger partial charge in [0.2, 0.25) is 0 Å². The highest BCUT2D eigenvalue weighted by atomic mass is 16.3. The van der Waals surface area contributed by atoms with Gasteiger partial charge < -0.3 is 15.3 Å². The average Bonchev–Trinajstić information content (AvgIpc) is 1.83. The van der Waals surface area contributed by atoms with Crippen molar-refractivity contribution in [2.45, 2.75) is 18.6 Å². The maximum absolute atomic E-state index is 8.69. The van der Waals surface area contributed by atoms with Crippen molar-refractivity contribution in [2.24, 2.45) is 0 Å². The Kier molecular flexibility index (Phi) is 4.67. The molecule has 2 atom stereocenters.